The predicted octanol–water partition coefficient (Wildman–Crippen LogP) is 0.754. The zero-order valence-corrected chi connectivity index (χ0v) is 7.19. The van der Waals surface area contributed by atoms with E-state index in [2.05, 4.69) is 25.9 Å². The first-order chi connectivity index (χ1) is 6.15. The standard InChI is InChI=1S/C9H10BNO2/c1-3-7(9(12)13-10)5-6-8(11)4-2/h3-6H,1-2,11H2/b7-5+,8-6+. The molecule has 2 N–H and O–H groups in total. The van der Waals surface area contributed by atoms with Crippen LogP contribution in [0.4, 0.5) is 0 Å². The Balaban J connectivity index is 4.67. The molecule has 0 aromatic rings. The van der Waals surface area contributed by atoms with Gasteiger partial charge in [0.1, 0.15) is 0 Å². The fourth-order valence-corrected chi connectivity index (χ4v) is 0.542. The Morgan fingerprint density at radius 3 is 2.31 bits per heavy atom. The van der Waals surface area contributed by atoms with Crippen LogP contribution in [0.1, 0.15) is 0 Å². The summed E-state index contributed by atoms with van der Waals surface area (Å²) in [5, 5.41) is 0. The van der Waals surface area contributed by atoms with Crippen molar-refractivity contribution in [2.75, 3.05) is 0 Å². The molecule has 0 saturated heterocycles. The molecule has 0 atom stereocenters. The normalized spacial score (nSPS) is 12.0. The van der Waals surface area contributed by atoms with Gasteiger partial charge in [0.25, 0.3) is 0 Å². The molecule has 0 spiro atoms. The Kier molecular flexibility index (Phi) is 5.11. The summed E-state index contributed by atoms with van der Waals surface area (Å²) < 4.78 is 3.99. The maximum atomic E-state index is 10.9. The van der Waals surface area contributed by atoms with Crippen LogP contribution in [0.5, 0.6) is 0 Å². The summed E-state index contributed by atoms with van der Waals surface area (Å²) >= 11 is 0. The van der Waals surface area contributed by atoms with Crippen LogP contribution in [0.2, 0.25) is 0 Å². The molecular formula is C9H10BNO2. The van der Waals surface area contributed by atoms with Gasteiger partial charge in [0, 0.05) is 5.70 Å². The molecule has 2 radical (unpaired) electrons. The number of nitrogens with two attached hydrogens (primary N) is 1. The van der Waals surface area contributed by atoms with E-state index in [0.717, 1.165) is 0 Å². The van der Waals surface area contributed by atoms with Crippen molar-refractivity contribution < 1.29 is 9.45 Å². The molecule has 0 saturated carbocycles. The zero-order chi connectivity index (χ0) is 10.3. The lowest BCUT2D eigenvalue weighted by molar-refractivity contribution is -0.129. The fourth-order valence-electron chi connectivity index (χ4n) is 0.542. The summed E-state index contributed by atoms with van der Waals surface area (Å²) in [6.07, 6.45) is 5.72. The molecule has 0 fully saturated rings. The van der Waals surface area contributed by atoms with Gasteiger partial charge in [0.2, 0.25) is 0 Å². The zero-order valence-electron chi connectivity index (χ0n) is 7.19. The summed E-state index contributed by atoms with van der Waals surface area (Å²) in [5.74, 6) is -0.664. The Morgan fingerprint density at radius 2 is 1.92 bits per heavy atom. The van der Waals surface area contributed by atoms with Crippen molar-refractivity contribution in [3.63, 3.8) is 0 Å². The molecule has 0 aliphatic heterocycles. The van der Waals surface area contributed by atoms with E-state index in [9.17, 15) is 4.79 Å². The lowest BCUT2D eigenvalue weighted by Crippen LogP contribution is -2.03. The van der Waals surface area contributed by atoms with Crippen LogP contribution >= 0.6 is 0 Å². The molecule has 3 nitrogen and oxygen atoms in total. The summed E-state index contributed by atoms with van der Waals surface area (Å²) in [4.78, 5) is 10.9. The van der Waals surface area contributed by atoms with Crippen molar-refractivity contribution >= 4 is 14.0 Å². The van der Waals surface area contributed by atoms with Gasteiger partial charge in [-0.05, 0) is 18.2 Å². The highest BCUT2D eigenvalue weighted by molar-refractivity contribution is 6.10. The number of hydrogen-bond donors (Lipinski definition) is 1. The SMILES string of the molecule is [B]OC(=O)/C(C=C)=C/C=C(/N)C=C. The third-order valence-corrected chi connectivity index (χ3v) is 1.25. The lowest BCUT2D eigenvalue weighted by atomic mass is 10.2. The van der Waals surface area contributed by atoms with Gasteiger partial charge >= 0.3 is 14.0 Å². The van der Waals surface area contributed by atoms with Crippen molar-refractivity contribution in [1.82, 2.24) is 0 Å². The van der Waals surface area contributed by atoms with E-state index in [1.54, 1.807) is 0 Å². The number of hydrogen-bond acceptors (Lipinski definition) is 3. The Bertz CT molecular complexity index is 279. The molecule has 4 heteroatoms. The third-order valence-electron chi connectivity index (χ3n) is 1.25. The van der Waals surface area contributed by atoms with Gasteiger partial charge in [0.05, 0.1) is 5.57 Å². The minimum atomic E-state index is -0.664. The highest BCUT2D eigenvalue weighted by Gasteiger charge is 2.01. The molecule has 66 valence electrons. The summed E-state index contributed by atoms with van der Waals surface area (Å²) in [5.41, 5.74) is 6.06. The summed E-state index contributed by atoms with van der Waals surface area (Å²) in [7, 11) is 4.68. The topological polar surface area (TPSA) is 52.3 Å². The molecule has 0 aliphatic carbocycles. The number of carbonyl (C=O) groups excluding carboxylic acids is 1. The Hall–Kier alpha value is -1.71. The van der Waals surface area contributed by atoms with Crippen molar-refractivity contribution in [2.45, 2.75) is 0 Å². The van der Waals surface area contributed by atoms with Gasteiger partial charge in [-0.3, -0.25) is 0 Å². The number of rotatable bonds is 4. The Labute approximate surface area is 78.7 Å². The first-order valence-corrected chi connectivity index (χ1v) is 3.49. The average Bonchev–Trinajstić information content (AvgIpc) is 2.17. The summed E-state index contributed by atoms with van der Waals surface area (Å²) in [6.45, 7) is 6.85. The van der Waals surface area contributed by atoms with Crippen LogP contribution in [0, 0.1) is 0 Å². The van der Waals surface area contributed by atoms with Gasteiger partial charge < -0.3 is 10.4 Å². The van der Waals surface area contributed by atoms with Gasteiger partial charge in [-0.1, -0.05) is 19.2 Å². The molecule has 0 unspecified atom stereocenters. The summed E-state index contributed by atoms with van der Waals surface area (Å²) in [6, 6.07) is 0. The van der Waals surface area contributed by atoms with E-state index < -0.39 is 5.97 Å². The van der Waals surface area contributed by atoms with Gasteiger partial charge in [-0.2, -0.15) is 0 Å². The maximum absolute atomic E-state index is 10.9. The van der Waals surface area contributed by atoms with Crippen molar-refractivity contribution in [3.05, 3.63) is 48.7 Å². The molecule has 0 amide bonds. The van der Waals surface area contributed by atoms with E-state index in [4.69, 9.17) is 5.73 Å². The van der Waals surface area contributed by atoms with E-state index in [1.807, 2.05) is 0 Å². The van der Waals surface area contributed by atoms with E-state index in [0.29, 0.717) is 5.70 Å². The minimum absolute atomic E-state index is 0.229. The number of carbonyl (C=O) groups is 1. The van der Waals surface area contributed by atoms with Crippen LogP contribution in [-0.4, -0.2) is 14.0 Å². The van der Waals surface area contributed by atoms with Crippen molar-refractivity contribution in [2.24, 2.45) is 5.73 Å². The molecule has 0 aliphatic rings. The minimum Gasteiger partial charge on any atom is -0.540 e. The second-order valence-electron chi connectivity index (χ2n) is 2.10. The fraction of sp³-hybridized carbons (Fsp3) is 0. The van der Waals surface area contributed by atoms with Gasteiger partial charge in [0.15, 0.2) is 0 Å². The number of allylic oxidation sites excluding steroid dienone is 3. The van der Waals surface area contributed by atoms with E-state index in [-0.39, 0.29) is 5.57 Å². The van der Waals surface area contributed by atoms with Crippen LogP contribution in [0.3, 0.4) is 0 Å². The third kappa shape index (κ3) is 4.01. The second-order valence-corrected chi connectivity index (χ2v) is 2.10. The van der Waals surface area contributed by atoms with Crippen molar-refractivity contribution in [3.8, 4) is 0 Å². The molecule has 0 aromatic heterocycles. The molecule has 0 rings (SSSR count). The van der Waals surface area contributed by atoms with Gasteiger partial charge in [-0.15, -0.1) is 0 Å². The van der Waals surface area contributed by atoms with Crippen LogP contribution in [-0.2, 0) is 9.45 Å². The molecule has 0 heterocycles. The van der Waals surface area contributed by atoms with Gasteiger partial charge in [-0.25, -0.2) is 4.79 Å². The smallest absolute Gasteiger partial charge is 0.378 e. The van der Waals surface area contributed by atoms with Crippen LogP contribution in [0.15, 0.2) is 48.7 Å². The monoisotopic (exact) mass is 175 g/mol. The molecular weight excluding hydrogens is 165 g/mol. The van der Waals surface area contributed by atoms with Crippen LogP contribution < -0.4 is 5.73 Å². The highest BCUT2D eigenvalue weighted by atomic mass is 16.5. The largest absolute Gasteiger partial charge is 0.540 e. The van der Waals surface area contributed by atoms with E-state index >= 15 is 0 Å². The van der Waals surface area contributed by atoms with Crippen LogP contribution in [0.25, 0.3) is 0 Å². The maximum Gasteiger partial charge on any atom is 0.378 e. The highest BCUT2D eigenvalue weighted by Crippen LogP contribution is 1.99. The molecule has 0 aromatic carbocycles. The quantitative estimate of drug-likeness (QED) is 0.389. The predicted molar refractivity (Wildman–Crippen MR) is 52.6 cm³/mol. The first-order valence-electron chi connectivity index (χ1n) is 3.49. The first kappa shape index (κ1) is 11.3. The second kappa shape index (κ2) is 5.88. The van der Waals surface area contributed by atoms with E-state index in [1.165, 1.54) is 24.3 Å². The lowest BCUT2D eigenvalue weighted by Gasteiger charge is -1.97. The Morgan fingerprint density at radius 1 is 1.31 bits per heavy atom. The van der Waals surface area contributed by atoms with Crippen molar-refractivity contribution in [1.29, 1.82) is 0 Å². The molecule has 0 bridgehead atoms. The molecule has 13 heavy (non-hydrogen) atoms. The average molecular weight is 175 g/mol.